The summed E-state index contributed by atoms with van der Waals surface area (Å²) in [6.07, 6.45) is -4.75. The van der Waals surface area contributed by atoms with E-state index in [2.05, 4.69) is 25.3 Å². The fourth-order valence-electron chi connectivity index (χ4n) is 4.34. The molecule has 1 aliphatic rings. The highest BCUT2D eigenvalue weighted by atomic mass is 19.4. The van der Waals surface area contributed by atoms with E-state index in [0.29, 0.717) is 0 Å². The van der Waals surface area contributed by atoms with Crippen LogP contribution in [0.4, 0.5) is 27.8 Å². The molecule has 3 aromatic heterocycles. The lowest BCUT2D eigenvalue weighted by Gasteiger charge is -2.37. The lowest BCUT2D eigenvalue weighted by Crippen LogP contribution is -2.48. The normalized spacial score (nSPS) is 20.6. The van der Waals surface area contributed by atoms with Crippen molar-refractivity contribution < 1.29 is 26.7 Å². The van der Waals surface area contributed by atoms with Crippen molar-refractivity contribution >= 4 is 22.8 Å². The Kier molecular flexibility index (Phi) is 6.67. The zero-order chi connectivity index (χ0) is 26.4. The molecule has 4 rings (SSSR count). The second kappa shape index (κ2) is 9.43. The van der Waals surface area contributed by atoms with Crippen molar-refractivity contribution in [1.29, 1.82) is 0 Å². The molecule has 1 fully saturated rings. The number of likely N-dealkylation sites (tertiary alicyclic amines) is 1. The molecule has 0 saturated carbocycles. The van der Waals surface area contributed by atoms with Gasteiger partial charge >= 0.3 is 6.18 Å². The lowest BCUT2D eigenvalue weighted by atomic mass is 9.89. The molecule has 0 radical (unpaired) electrons. The molecule has 13 heteroatoms. The summed E-state index contributed by atoms with van der Waals surface area (Å²) in [6.45, 7) is 4.55. The minimum absolute atomic E-state index is 0.0671. The highest BCUT2D eigenvalue weighted by molar-refractivity contribution is 5.94. The topological polar surface area (TPSA) is 104 Å². The average Bonchev–Trinajstić information content (AvgIpc) is 2.80. The summed E-state index contributed by atoms with van der Waals surface area (Å²) in [7, 11) is 0. The van der Waals surface area contributed by atoms with Crippen molar-refractivity contribution in [3.8, 4) is 0 Å². The van der Waals surface area contributed by atoms with Crippen molar-refractivity contribution in [2.24, 2.45) is 11.8 Å². The van der Waals surface area contributed by atoms with Crippen LogP contribution in [-0.4, -0.2) is 50.0 Å². The maximum atomic E-state index is 14.7. The smallest absolute Gasteiger partial charge is 0.362 e. The number of fused-ring (bicyclic) bond motifs is 1. The Hall–Kier alpha value is -3.64. The van der Waals surface area contributed by atoms with Gasteiger partial charge in [-0.1, -0.05) is 13.8 Å². The number of aromatic amines is 1. The number of rotatable bonds is 4. The van der Waals surface area contributed by atoms with Gasteiger partial charge in [0.25, 0.3) is 11.5 Å². The second-order valence-electron chi connectivity index (χ2n) is 9.02. The SMILES string of the molecule is Cc1nc2cc(C(F)(F)F)c(CNc3ncc(C(=O)N4CC(C)C(F)C(C)C4)cc3F)nc2c(=O)[nH]1. The Morgan fingerprint density at radius 1 is 1.19 bits per heavy atom. The zero-order valence-electron chi connectivity index (χ0n) is 19.6. The summed E-state index contributed by atoms with van der Waals surface area (Å²) < 4.78 is 69.7. The molecule has 3 aromatic rings. The van der Waals surface area contributed by atoms with Gasteiger partial charge in [-0.15, -0.1) is 0 Å². The van der Waals surface area contributed by atoms with Crippen LogP contribution in [-0.2, 0) is 12.7 Å². The number of carbonyl (C=O) groups excluding carboxylic acids is 1. The van der Waals surface area contributed by atoms with Crippen molar-refractivity contribution in [2.75, 3.05) is 18.4 Å². The molecular formula is C23H23F5N6O2. The predicted octanol–water partition coefficient (Wildman–Crippen LogP) is 3.86. The molecule has 8 nitrogen and oxygen atoms in total. The number of halogens is 5. The van der Waals surface area contributed by atoms with E-state index in [1.807, 2.05) is 0 Å². The van der Waals surface area contributed by atoms with Crippen molar-refractivity contribution in [2.45, 2.75) is 39.7 Å². The maximum absolute atomic E-state index is 14.7. The lowest BCUT2D eigenvalue weighted by molar-refractivity contribution is -0.138. The van der Waals surface area contributed by atoms with E-state index in [1.54, 1.807) is 13.8 Å². The highest BCUT2D eigenvalue weighted by Crippen LogP contribution is 2.33. The van der Waals surface area contributed by atoms with E-state index < -0.39 is 53.3 Å². The number of hydrogen-bond acceptors (Lipinski definition) is 6. The van der Waals surface area contributed by atoms with E-state index in [9.17, 15) is 31.5 Å². The predicted molar refractivity (Wildman–Crippen MR) is 121 cm³/mol. The van der Waals surface area contributed by atoms with E-state index in [-0.39, 0.29) is 47.3 Å². The first-order valence-corrected chi connectivity index (χ1v) is 11.2. The number of aryl methyl sites for hydroxylation is 1. The van der Waals surface area contributed by atoms with Crippen molar-refractivity contribution in [1.82, 2.24) is 24.8 Å². The van der Waals surface area contributed by atoms with Gasteiger partial charge in [0.1, 0.15) is 12.0 Å². The van der Waals surface area contributed by atoms with E-state index in [0.717, 1.165) is 18.3 Å². The minimum Gasteiger partial charge on any atom is -0.362 e. The molecule has 2 N–H and O–H groups in total. The van der Waals surface area contributed by atoms with Gasteiger partial charge in [-0.3, -0.25) is 9.59 Å². The van der Waals surface area contributed by atoms with Crippen LogP contribution in [0.1, 0.15) is 41.3 Å². The molecule has 4 heterocycles. The molecule has 1 aliphatic heterocycles. The number of nitrogens with one attached hydrogen (secondary N) is 2. The number of piperidine rings is 1. The molecule has 0 spiro atoms. The number of amides is 1. The number of H-pyrrole nitrogens is 1. The monoisotopic (exact) mass is 510 g/mol. The Morgan fingerprint density at radius 3 is 2.47 bits per heavy atom. The summed E-state index contributed by atoms with van der Waals surface area (Å²) >= 11 is 0. The van der Waals surface area contributed by atoms with Crippen LogP contribution in [0.5, 0.6) is 0 Å². The number of pyridine rings is 2. The Labute approximate surface area is 202 Å². The minimum atomic E-state index is -4.81. The third-order valence-electron chi connectivity index (χ3n) is 6.09. The van der Waals surface area contributed by atoms with Gasteiger partial charge in [-0.05, 0) is 19.1 Å². The Morgan fingerprint density at radius 2 is 1.86 bits per heavy atom. The molecule has 192 valence electrons. The summed E-state index contributed by atoms with van der Waals surface area (Å²) in [6, 6.07) is 1.64. The summed E-state index contributed by atoms with van der Waals surface area (Å²) in [5.41, 5.74) is -2.97. The summed E-state index contributed by atoms with van der Waals surface area (Å²) in [4.78, 5) is 40.3. The molecule has 1 saturated heterocycles. The molecule has 0 bridgehead atoms. The fraction of sp³-hybridized carbons (Fsp3) is 0.435. The molecule has 0 aromatic carbocycles. The first kappa shape index (κ1) is 25.5. The molecule has 2 unspecified atom stereocenters. The number of anilines is 1. The van der Waals surface area contributed by atoms with Crippen LogP contribution in [0.15, 0.2) is 23.1 Å². The molecule has 2 atom stereocenters. The highest BCUT2D eigenvalue weighted by Gasteiger charge is 2.36. The van der Waals surface area contributed by atoms with Gasteiger partial charge < -0.3 is 15.2 Å². The summed E-state index contributed by atoms with van der Waals surface area (Å²) in [5.74, 6) is -2.50. The Balaban J connectivity index is 1.57. The number of hydrogen-bond donors (Lipinski definition) is 2. The second-order valence-corrected chi connectivity index (χ2v) is 9.02. The van der Waals surface area contributed by atoms with E-state index >= 15 is 0 Å². The van der Waals surface area contributed by atoms with Gasteiger partial charge in [0.15, 0.2) is 17.2 Å². The molecule has 36 heavy (non-hydrogen) atoms. The largest absolute Gasteiger partial charge is 0.418 e. The van der Waals surface area contributed by atoms with Crippen molar-refractivity contribution in [3.63, 3.8) is 0 Å². The molecule has 1 amide bonds. The third-order valence-corrected chi connectivity index (χ3v) is 6.09. The van der Waals surface area contributed by atoms with Gasteiger partial charge in [0.2, 0.25) is 0 Å². The number of alkyl halides is 4. The van der Waals surface area contributed by atoms with Gasteiger partial charge in [-0.2, -0.15) is 13.2 Å². The van der Waals surface area contributed by atoms with Crippen LogP contribution in [0.3, 0.4) is 0 Å². The van der Waals surface area contributed by atoms with Crippen LogP contribution in [0.25, 0.3) is 11.0 Å². The van der Waals surface area contributed by atoms with Crippen LogP contribution in [0.2, 0.25) is 0 Å². The van der Waals surface area contributed by atoms with E-state index in [4.69, 9.17) is 0 Å². The summed E-state index contributed by atoms with van der Waals surface area (Å²) in [5, 5.41) is 2.45. The molecular weight excluding hydrogens is 487 g/mol. The Bertz CT molecular complexity index is 1360. The maximum Gasteiger partial charge on any atom is 0.418 e. The fourth-order valence-corrected chi connectivity index (χ4v) is 4.34. The van der Waals surface area contributed by atoms with Crippen LogP contribution in [0, 0.1) is 24.6 Å². The quantitative estimate of drug-likeness (QED) is 0.517. The zero-order valence-corrected chi connectivity index (χ0v) is 19.6. The number of aromatic nitrogens is 4. The third kappa shape index (κ3) is 5.00. The van der Waals surface area contributed by atoms with Crippen molar-refractivity contribution in [3.05, 3.63) is 57.1 Å². The number of carbonyl (C=O) groups is 1. The first-order valence-electron chi connectivity index (χ1n) is 11.2. The van der Waals surface area contributed by atoms with Gasteiger partial charge in [-0.25, -0.2) is 23.7 Å². The average molecular weight is 510 g/mol. The van der Waals surface area contributed by atoms with Crippen LogP contribution < -0.4 is 10.9 Å². The van der Waals surface area contributed by atoms with Gasteiger partial charge in [0.05, 0.1) is 28.9 Å². The van der Waals surface area contributed by atoms with Crippen LogP contribution >= 0.6 is 0 Å². The standard InChI is InChI=1S/C23H23F5N6O2/c1-10-8-34(9-11(2)18(10)25)22(36)13-4-15(24)20(29-6-13)30-7-17-14(23(26,27)28)5-16-19(33-17)21(35)32-12(3)31-16/h4-6,10-11,18H,7-9H2,1-3H3,(H,29,30)(H,31,32,35). The van der Waals surface area contributed by atoms with E-state index in [1.165, 1.54) is 11.8 Å². The molecule has 0 aliphatic carbocycles. The van der Waals surface area contributed by atoms with Gasteiger partial charge in [0, 0.05) is 31.1 Å². The number of nitrogens with zero attached hydrogens (tertiary/aromatic N) is 4. The first-order chi connectivity index (χ1) is 16.8.